The van der Waals surface area contributed by atoms with Gasteiger partial charge in [-0.3, -0.25) is 9.59 Å². The highest BCUT2D eigenvalue weighted by Crippen LogP contribution is 2.34. The van der Waals surface area contributed by atoms with E-state index in [1.807, 2.05) is 26.0 Å². The minimum atomic E-state index is -0.373. The summed E-state index contributed by atoms with van der Waals surface area (Å²) in [6, 6.07) is 3.61. The summed E-state index contributed by atoms with van der Waals surface area (Å²) in [6.45, 7) is 7.16. The Morgan fingerprint density at radius 3 is 2.92 bits per heavy atom. The zero-order valence-electron chi connectivity index (χ0n) is 14.9. The second-order valence-electron chi connectivity index (χ2n) is 6.10. The summed E-state index contributed by atoms with van der Waals surface area (Å²) >= 11 is 3.04. The van der Waals surface area contributed by atoms with Crippen LogP contribution in [0.4, 0.5) is 5.13 Å². The summed E-state index contributed by atoms with van der Waals surface area (Å²) in [5.41, 5.74) is 0.866. The topological polar surface area (TPSA) is 92.4 Å². The molecule has 3 heterocycles. The minimum Gasteiger partial charge on any atom is -0.375 e. The maximum absolute atomic E-state index is 12.5. The predicted octanol–water partition coefficient (Wildman–Crippen LogP) is 2.13. The summed E-state index contributed by atoms with van der Waals surface area (Å²) in [5, 5.41) is 9.44. The van der Waals surface area contributed by atoms with E-state index < -0.39 is 0 Å². The average Bonchev–Trinajstić information content (AvgIpc) is 3.19. The molecule has 3 rings (SSSR count). The lowest BCUT2D eigenvalue weighted by Gasteiger charge is -2.28. The van der Waals surface area contributed by atoms with E-state index in [0.29, 0.717) is 24.8 Å². The largest absolute Gasteiger partial charge is 0.375 e. The van der Waals surface area contributed by atoms with E-state index in [2.05, 4.69) is 20.9 Å². The number of aryl methyl sites for hydroxylation is 1. The van der Waals surface area contributed by atoms with Crippen molar-refractivity contribution in [1.82, 2.24) is 15.6 Å². The fourth-order valence-electron chi connectivity index (χ4n) is 2.70. The third kappa shape index (κ3) is 4.47. The fourth-order valence-corrected chi connectivity index (χ4v) is 4.59. The van der Waals surface area contributed by atoms with Crippen LogP contribution in [0.1, 0.15) is 23.6 Å². The second-order valence-corrected chi connectivity index (χ2v) is 8.47. The Morgan fingerprint density at radius 1 is 1.38 bits per heavy atom. The van der Waals surface area contributed by atoms with Gasteiger partial charge in [0.15, 0.2) is 5.13 Å². The SMILES string of the molecule is CC(=O)NCc1ccc(-c2nc(NC(=O)[C@H]3NCCO[C@@H]3C)sc2C)s1. The maximum Gasteiger partial charge on any atom is 0.245 e. The molecule has 1 fully saturated rings. The smallest absolute Gasteiger partial charge is 0.245 e. The normalized spacial score (nSPS) is 20.0. The van der Waals surface area contributed by atoms with Crippen LogP contribution in [0.15, 0.2) is 12.1 Å². The molecule has 0 saturated carbocycles. The molecule has 2 amide bonds. The highest BCUT2D eigenvalue weighted by Gasteiger charge is 2.29. The number of anilines is 1. The third-order valence-electron chi connectivity index (χ3n) is 4.03. The van der Waals surface area contributed by atoms with E-state index in [1.54, 1.807) is 11.3 Å². The molecular formula is C17H22N4O3S2. The van der Waals surface area contributed by atoms with Crippen LogP contribution < -0.4 is 16.0 Å². The van der Waals surface area contributed by atoms with Crippen LogP contribution in [0.3, 0.4) is 0 Å². The summed E-state index contributed by atoms with van der Waals surface area (Å²) in [7, 11) is 0. The molecule has 9 heteroatoms. The molecule has 26 heavy (non-hydrogen) atoms. The average molecular weight is 395 g/mol. The predicted molar refractivity (Wildman–Crippen MR) is 104 cm³/mol. The van der Waals surface area contributed by atoms with Gasteiger partial charge in [0.2, 0.25) is 11.8 Å². The fraction of sp³-hybridized carbons (Fsp3) is 0.471. The number of nitrogens with one attached hydrogen (secondary N) is 3. The number of rotatable bonds is 5. The van der Waals surface area contributed by atoms with Gasteiger partial charge < -0.3 is 20.7 Å². The first-order valence-corrected chi connectivity index (χ1v) is 10.0. The van der Waals surface area contributed by atoms with Crippen LogP contribution in [0.5, 0.6) is 0 Å². The van der Waals surface area contributed by atoms with Crippen LogP contribution in [-0.4, -0.2) is 42.1 Å². The number of aromatic nitrogens is 1. The van der Waals surface area contributed by atoms with Crippen molar-refractivity contribution in [2.45, 2.75) is 39.5 Å². The van der Waals surface area contributed by atoms with Crippen molar-refractivity contribution in [1.29, 1.82) is 0 Å². The second kappa shape index (κ2) is 8.26. The van der Waals surface area contributed by atoms with Gasteiger partial charge in [-0.25, -0.2) is 4.98 Å². The minimum absolute atomic E-state index is 0.0516. The molecule has 0 unspecified atom stereocenters. The molecule has 0 aromatic carbocycles. The number of hydrogen-bond acceptors (Lipinski definition) is 7. The van der Waals surface area contributed by atoms with E-state index in [-0.39, 0.29) is 24.0 Å². The Labute approximate surface area is 160 Å². The summed E-state index contributed by atoms with van der Waals surface area (Å²) < 4.78 is 5.52. The van der Waals surface area contributed by atoms with Crippen LogP contribution in [0, 0.1) is 6.92 Å². The van der Waals surface area contributed by atoms with E-state index in [4.69, 9.17) is 4.74 Å². The van der Waals surface area contributed by atoms with Crippen molar-refractivity contribution in [2.75, 3.05) is 18.5 Å². The molecule has 1 aliphatic rings. The van der Waals surface area contributed by atoms with E-state index >= 15 is 0 Å². The van der Waals surface area contributed by atoms with Crippen molar-refractivity contribution in [3.63, 3.8) is 0 Å². The zero-order chi connectivity index (χ0) is 18.7. The maximum atomic E-state index is 12.5. The summed E-state index contributed by atoms with van der Waals surface area (Å²) in [4.78, 5) is 31.2. The highest BCUT2D eigenvalue weighted by atomic mass is 32.1. The number of nitrogens with zero attached hydrogens (tertiary/aromatic N) is 1. The Hall–Kier alpha value is -1.81. The van der Waals surface area contributed by atoms with Gasteiger partial charge in [-0.2, -0.15) is 0 Å². The van der Waals surface area contributed by atoms with Crippen molar-refractivity contribution in [3.05, 3.63) is 21.9 Å². The van der Waals surface area contributed by atoms with Gasteiger partial charge in [-0.05, 0) is 26.0 Å². The van der Waals surface area contributed by atoms with Crippen molar-refractivity contribution in [2.24, 2.45) is 0 Å². The molecule has 140 valence electrons. The number of amides is 2. The molecule has 0 aliphatic carbocycles. The van der Waals surface area contributed by atoms with Gasteiger partial charge in [-0.1, -0.05) is 0 Å². The Balaban J connectivity index is 1.69. The van der Waals surface area contributed by atoms with Crippen LogP contribution in [0.2, 0.25) is 0 Å². The molecule has 3 N–H and O–H groups in total. The lowest BCUT2D eigenvalue weighted by molar-refractivity contribution is -0.123. The van der Waals surface area contributed by atoms with Gasteiger partial charge in [0, 0.05) is 23.2 Å². The quantitative estimate of drug-likeness (QED) is 0.723. The van der Waals surface area contributed by atoms with Gasteiger partial charge in [-0.15, -0.1) is 22.7 Å². The first-order chi connectivity index (χ1) is 12.4. The van der Waals surface area contributed by atoms with Gasteiger partial charge >= 0.3 is 0 Å². The van der Waals surface area contributed by atoms with Gasteiger partial charge in [0.05, 0.1) is 29.8 Å². The lowest BCUT2D eigenvalue weighted by Crippen LogP contribution is -2.53. The molecule has 1 aliphatic heterocycles. The number of carbonyl (C=O) groups is 2. The Morgan fingerprint density at radius 2 is 2.19 bits per heavy atom. The van der Waals surface area contributed by atoms with Crippen molar-refractivity contribution < 1.29 is 14.3 Å². The lowest BCUT2D eigenvalue weighted by atomic mass is 10.1. The summed E-state index contributed by atoms with van der Waals surface area (Å²) in [6.07, 6.45) is -0.169. The molecule has 7 nitrogen and oxygen atoms in total. The zero-order valence-corrected chi connectivity index (χ0v) is 16.6. The standard InChI is InChI=1S/C17H22N4O3S2/c1-9-14(18-6-7-24-9)16(23)21-17-20-15(10(2)25-17)13-5-4-12(26-13)8-19-11(3)22/h4-5,9,14,18H,6-8H2,1-3H3,(H,19,22)(H,20,21,23)/t9-,14+/m1/s1. The number of thiazole rings is 1. The first-order valence-electron chi connectivity index (χ1n) is 8.41. The third-order valence-corrected chi connectivity index (χ3v) is 6.01. The number of ether oxygens (including phenoxy) is 1. The molecule has 2 aromatic rings. The molecule has 0 bridgehead atoms. The number of morpholine rings is 1. The first kappa shape index (κ1) is 19.0. The monoisotopic (exact) mass is 394 g/mol. The van der Waals surface area contributed by atoms with Gasteiger partial charge in [0.1, 0.15) is 6.04 Å². The van der Waals surface area contributed by atoms with Gasteiger partial charge in [0.25, 0.3) is 0 Å². The molecule has 2 atom stereocenters. The number of thiophene rings is 1. The molecule has 0 spiro atoms. The van der Waals surface area contributed by atoms with Crippen LogP contribution >= 0.6 is 22.7 Å². The molecule has 1 saturated heterocycles. The van der Waals surface area contributed by atoms with Crippen molar-refractivity contribution in [3.8, 4) is 10.6 Å². The van der Waals surface area contributed by atoms with E-state index in [0.717, 1.165) is 20.3 Å². The number of hydrogen-bond donors (Lipinski definition) is 3. The number of carbonyl (C=O) groups excluding carboxylic acids is 2. The Bertz CT molecular complexity index is 802. The molecular weight excluding hydrogens is 372 g/mol. The van der Waals surface area contributed by atoms with Crippen molar-refractivity contribution >= 4 is 39.6 Å². The van der Waals surface area contributed by atoms with E-state index in [9.17, 15) is 9.59 Å². The highest BCUT2D eigenvalue weighted by molar-refractivity contribution is 7.18. The van der Waals surface area contributed by atoms with Crippen LogP contribution in [0.25, 0.3) is 10.6 Å². The van der Waals surface area contributed by atoms with E-state index in [1.165, 1.54) is 18.3 Å². The molecule has 2 aromatic heterocycles. The molecule has 0 radical (unpaired) electrons. The Kier molecular flexibility index (Phi) is 6.02. The van der Waals surface area contributed by atoms with Crippen LogP contribution in [-0.2, 0) is 20.9 Å². The summed E-state index contributed by atoms with van der Waals surface area (Å²) in [5.74, 6) is -0.181.